The van der Waals surface area contributed by atoms with Gasteiger partial charge in [0.2, 0.25) is 0 Å². The standard InChI is InChI=1S/C7H6ClFO3S/c1-13(10,11)12-7-4-5(9)2-3-6(7)8/h2-4H,1H3. The van der Waals surface area contributed by atoms with Gasteiger partial charge in [0.1, 0.15) is 5.82 Å². The van der Waals surface area contributed by atoms with Gasteiger partial charge in [0.05, 0.1) is 11.3 Å². The first-order chi connectivity index (χ1) is 5.88. The molecule has 0 unspecified atom stereocenters. The van der Waals surface area contributed by atoms with Gasteiger partial charge >= 0.3 is 10.1 Å². The highest BCUT2D eigenvalue weighted by atomic mass is 35.5. The van der Waals surface area contributed by atoms with Crippen LogP contribution in [0.4, 0.5) is 4.39 Å². The Labute approximate surface area is 80.2 Å². The summed E-state index contributed by atoms with van der Waals surface area (Å²) in [4.78, 5) is 0. The third kappa shape index (κ3) is 3.20. The normalized spacial score (nSPS) is 11.3. The van der Waals surface area contributed by atoms with Crippen molar-refractivity contribution in [2.24, 2.45) is 0 Å². The maximum Gasteiger partial charge on any atom is 0.306 e. The van der Waals surface area contributed by atoms with E-state index in [0.717, 1.165) is 18.4 Å². The van der Waals surface area contributed by atoms with Crippen molar-refractivity contribution < 1.29 is 17.0 Å². The van der Waals surface area contributed by atoms with Crippen molar-refractivity contribution in [3.63, 3.8) is 0 Å². The molecule has 1 aromatic carbocycles. The molecule has 0 saturated heterocycles. The van der Waals surface area contributed by atoms with Gasteiger partial charge in [-0.2, -0.15) is 8.42 Å². The third-order valence-corrected chi connectivity index (χ3v) is 1.93. The summed E-state index contributed by atoms with van der Waals surface area (Å²) in [5.41, 5.74) is 0. The minimum Gasteiger partial charge on any atom is -0.381 e. The number of rotatable bonds is 2. The predicted octanol–water partition coefficient (Wildman–Crippen LogP) is 1.82. The molecule has 0 atom stereocenters. The van der Waals surface area contributed by atoms with Crippen LogP contribution in [0.1, 0.15) is 0 Å². The van der Waals surface area contributed by atoms with Gasteiger partial charge in [0.25, 0.3) is 0 Å². The van der Waals surface area contributed by atoms with E-state index in [-0.39, 0.29) is 10.8 Å². The van der Waals surface area contributed by atoms with Gasteiger partial charge in [-0.25, -0.2) is 4.39 Å². The van der Waals surface area contributed by atoms with Crippen LogP contribution >= 0.6 is 11.6 Å². The molecule has 0 aliphatic rings. The average molecular weight is 225 g/mol. The molecule has 1 aromatic rings. The van der Waals surface area contributed by atoms with Gasteiger partial charge < -0.3 is 4.18 Å². The van der Waals surface area contributed by atoms with Crippen molar-refractivity contribution in [3.8, 4) is 5.75 Å². The number of benzene rings is 1. The fraction of sp³-hybridized carbons (Fsp3) is 0.143. The minimum absolute atomic E-state index is 0.0480. The fourth-order valence-corrected chi connectivity index (χ4v) is 1.37. The third-order valence-electron chi connectivity index (χ3n) is 1.13. The lowest BCUT2D eigenvalue weighted by atomic mass is 10.3. The van der Waals surface area contributed by atoms with E-state index >= 15 is 0 Å². The van der Waals surface area contributed by atoms with Crippen molar-refractivity contribution >= 4 is 21.7 Å². The van der Waals surface area contributed by atoms with Crippen LogP contribution < -0.4 is 4.18 Å². The zero-order chi connectivity index (χ0) is 10.1. The molecule has 0 bridgehead atoms. The Bertz CT molecular complexity index is 416. The minimum atomic E-state index is -3.67. The van der Waals surface area contributed by atoms with E-state index in [1.165, 1.54) is 6.07 Å². The molecular formula is C7H6ClFO3S. The second-order valence-corrected chi connectivity index (χ2v) is 4.34. The molecule has 0 heterocycles. The Balaban J connectivity index is 3.08. The Hall–Kier alpha value is -0.810. The van der Waals surface area contributed by atoms with Crippen molar-refractivity contribution in [2.75, 3.05) is 6.26 Å². The van der Waals surface area contributed by atoms with Gasteiger partial charge in [0.15, 0.2) is 5.75 Å². The molecule has 72 valence electrons. The van der Waals surface area contributed by atoms with Crippen LogP contribution in [0.3, 0.4) is 0 Å². The lowest BCUT2D eigenvalue weighted by Crippen LogP contribution is -2.06. The molecule has 0 fully saturated rings. The zero-order valence-electron chi connectivity index (χ0n) is 6.62. The second-order valence-electron chi connectivity index (χ2n) is 2.36. The molecular weight excluding hydrogens is 219 g/mol. The van der Waals surface area contributed by atoms with Crippen LogP contribution in [-0.4, -0.2) is 14.7 Å². The lowest BCUT2D eigenvalue weighted by Gasteiger charge is -2.03. The van der Waals surface area contributed by atoms with Crippen LogP contribution in [0.5, 0.6) is 5.75 Å². The predicted molar refractivity (Wildman–Crippen MR) is 46.9 cm³/mol. The molecule has 0 aliphatic heterocycles. The summed E-state index contributed by atoms with van der Waals surface area (Å²) < 4.78 is 38.3. The van der Waals surface area contributed by atoms with E-state index in [9.17, 15) is 12.8 Å². The number of halogens is 2. The number of hydrogen-bond acceptors (Lipinski definition) is 3. The molecule has 0 amide bonds. The molecule has 3 nitrogen and oxygen atoms in total. The summed E-state index contributed by atoms with van der Waals surface area (Å²) in [5, 5.41) is 0.0480. The SMILES string of the molecule is CS(=O)(=O)Oc1cc(F)ccc1Cl. The molecule has 0 spiro atoms. The van der Waals surface area contributed by atoms with E-state index < -0.39 is 15.9 Å². The van der Waals surface area contributed by atoms with E-state index in [4.69, 9.17) is 11.6 Å². The smallest absolute Gasteiger partial charge is 0.306 e. The van der Waals surface area contributed by atoms with E-state index in [2.05, 4.69) is 4.18 Å². The highest BCUT2D eigenvalue weighted by Gasteiger charge is 2.09. The van der Waals surface area contributed by atoms with Crippen molar-refractivity contribution in [2.45, 2.75) is 0 Å². The molecule has 0 N–H and O–H groups in total. The first-order valence-electron chi connectivity index (χ1n) is 3.23. The van der Waals surface area contributed by atoms with Crippen LogP contribution in [0.2, 0.25) is 5.02 Å². The Morgan fingerprint density at radius 2 is 2.08 bits per heavy atom. The van der Waals surface area contributed by atoms with Crippen molar-refractivity contribution in [3.05, 3.63) is 29.0 Å². The first kappa shape index (κ1) is 10.3. The van der Waals surface area contributed by atoms with Crippen LogP contribution in [-0.2, 0) is 10.1 Å². The Kier molecular flexibility index (Phi) is 2.77. The molecule has 6 heteroatoms. The quantitative estimate of drug-likeness (QED) is 0.720. The van der Waals surface area contributed by atoms with Crippen LogP contribution in [0.25, 0.3) is 0 Å². The Morgan fingerprint density at radius 3 is 2.62 bits per heavy atom. The average Bonchev–Trinajstić information content (AvgIpc) is 1.94. The highest BCUT2D eigenvalue weighted by Crippen LogP contribution is 2.25. The summed E-state index contributed by atoms with van der Waals surface area (Å²) in [6.45, 7) is 0. The second kappa shape index (κ2) is 3.51. The van der Waals surface area contributed by atoms with Crippen molar-refractivity contribution in [1.29, 1.82) is 0 Å². The van der Waals surface area contributed by atoms with E-state index in [0.29, 0.717) is 0 Å². The topological polar surface area (TPSA) is 43.4 Å². The Morgan fingerprint density at radius 1 is 1.46 bits per heavy atom. The lowest BCUT2D eigenvalue weighted by molar-refractivity contribution is 0.490. The fourth-order valence-electron chi connectivity index (χ4n) is 0.704. The summed E-state index contributed by atoms with van der Waals surface area (Å²) in [6.07, 6.45) is 0.855. The van der Waals surface area contributed by atoms with Gasteiger partial charge in [-0.05, 0) is 12.1 Å². The molecule has 1 rings (SSSR count). The van der Waals surface area contributed by atoms with Gasteiger partial charge in [-0.1, -0.05) is 11.6 Å². The van der Waals surface area contributed by atoms with E-state index in [1.807, 2.05) is 0 Å². The van der Waals surface area contributed by atoms with Gasteiger partial charge in [-0.3, -0.25) is 0 Å². The number of hydrogen-bond donors (Lipinski definition) is 0. The van der Waals surface area contributed by atoms with E-state index in [1.54, 1.807) is 0 Å². The summed E-state index contributed by atoms with van der Waals surface area (Å²) in [6, 6.07) is 3.23. The molecule has 0 saturated carbocycles. The summed E-state index contributed by atoms with van der Waals surface area (Å²) >= 11 is 5.55. The molecule has 0 aromatic heterocycles. The molecule has 0 radical (unpaired) electrons. The molecule has 13 heavy (non-hydrogen) atoms. The first-order valence-corrected chi connectivity index (χ1v) is 5.42. The largest absolute Gasteiger partial charge is 0.381 e. The zero-order valence-corrected chi connectivity index (χ0v) is 8.19. The monoisotopic (exact) mass is 224 g/mol. The van der Waals surface area contributed by atoms with Crippen LogP contribution in [0.15, 0.2) is 18.2 Å². The van der Waals surface area contributed by atoms with Gasteiger partial charge in [0, 0.05) is 6.07 Å². The van der Waals surface area contributed by atoms with Crippen LogP contribution in [0, 0.1) is 5.82 Å². The maximum atomic E-state index is 12.6. The maximum absolute atomic E-state index is 12.6. The molecule has 0 aliphatic carbocycles. The van der Waals surface area contributed by atoms with Crippen molar-refractivity contribution in [1.82, 2.24) is 0 Å². The van der Waals surface area contributed by atoms with Gasteiger partial charge in [-0.15, -0.1) is 0 Å². The summed E-state index contributed by atoms with van der Waals surface area (Å²) in [7, 11) is -3.67. The highest BCUT2D eigenvalue weighted by molar-refractivity contribution is 7.86. The summed E-state index contributed by atoms with van der Waals surface area (Å²) in [5.74, 6) is -0.813.